The van der Waals surface area contributed by atoms with Crippen LogP contribution in [0.3, 0.4) is 0 Å². The van der Waals surface area contributed by atoms with E-state index in [0.717, 1.165) is 11.3 Å². The number of thiocarbonyl (C=S) groups is 1. The molecule has 0 heterocycles. The first-order valence-electron chi connectivity index (χ1n) is 7.03. The van der Waals surface area contributed by atoms with E-state index in [0.29, 0.717) is 16.1 Å². The van der Waals surface area contributed by atoms with Gasteiger partial charge in [-0.3, -0.25) is 0 Å². The second-order valence-electron chi connectivity index (χ2n) is 5.21. The molecule has 1 aliphatic rings. The average molecular weight is 297 g/mol. The topological polar surface area (TPSA) is 38.0 Å². The zero-order valence-electron chi connectivity index (χ0n) is 11.1. The highest BCUT2D eigenvalue weighted by molar-refractivity contribution is 7.80. The van der Waals surface area contributed by atoms with Crippen LogP contribution in [-0.2, 0) is 0 Å². The van der Waals surface area contributed by atoms with Gasteiger partial charge in [-0.1, -0.05) is 62.0 Å². The summed E-state index contributed by atoms with van der Waals surface area (Å²) in [7, 11) is 0. The fourth-order valence-electron chi connectivity index (χ4n) is 2.72. The van der Waals surface area contributed by atoms with Crippen molar-refractivity contribution in [3.8, 4) is 0 Å². The van der Waals surface area contributed by atoms with E-state index in [4.69, 9.17) is 29.6 Å². The molecule has 1 aromatic rings. The minimum atomic E-state index is 0.360. The summed E-state index contributed by atoms with van der Waals surface area (Å²) in [4.78, 5) is 0.360. The van der Waals surface area contributed by atoms with Crippen molar-refractivity contribution in [2.45, 2.75) is 51.0 Å². The molecule has 0 spiro atoms. The minimum Gasteiger partial charge on any atom is -0.389 e. The van der Waals surface area contributed by atoms with Crippen molar-refractivity contribution < 1.29 is 0 Å². The van der Waals surface area contributed by atoms with Crippen LogP contribution in [-0.4, -0.2) is 11.0 Å². The second-order valence-corrected chi connectivity index (χ2v) is 6.06. The van der Waals surface area contributed by atoms with Crippen LogP contribution in [0.5, 0.6) is 0 Å². The van der Waals surface area contributed by atoms with Crippen LogP contribution < -0.4 is 11.1 Å². The zero-order valence-corrected chi connectivity index (χ0v) is 12.7. The standard InChI is InChI=1S/C15H21ClN2S/c16-12-9-6-10-13(14(12)15(17)19)18-11-7-4-2-1-3-5-8-11/h6,9-11,18H,1-5,7-8H2,(H2,17,19). The maximum atomic E-state index is 6.19. The first-order chi connectivity index (χ1) is 9.18. The molecule has 2 nitrogen and oxygen atoms in total. The molecule has 104 valence electrons. The third-order valence-electron chi connectivity index (χ3n) is 3.72. The Balaban J connectivity index is 2.13. The molecule has 0 aliphatic heterocycles. The van der Waals surface area contributed by atoms with Crippen LogP contribution in [0.25, 0.3) is 0 Å². The van der Waals surface area contributed by atoms with Crippen LogP contribution in [0.2, 0.25) is 5.02 Å². The van der Waals surface area contributed by atoms with Gasteiger partial charge in [0.15, 0.2) is 0 Å². The number of anilines is 1. The lowest BCUT2D eigenvalue weighted by molar-refractivity contribution is 0.471. The summed E-state index contributed by atoms with van der Waals surface area (Å²) in [6.07, 6.45) is 9.07. The van der Waals surface area contributed by atoms with E-state index in [1.54, 1.807) is 0 Å². The maximum Gasteiger partial charge on any atom is 0.107 e. The van der Waals surface area contributed by atoms with E-state index in [2.05, 4.69) is 5.32 Å². The van der Waals surface area contributed by atoms with Gasteiger partial charge >= 0.3 is 0 Å². The van der Waals surface area contributed by atoms with E-state index in [-0.39, 0.29) is 0 Å². The number of benzene rings is 1. The Morgan fingerprint density at radius 1 is 1.16 bits per heavy atom. The third kappa shape index (κ3) is 4.08. The number of rotatable bonds is 3. The Labute approximate surface area is 125 Å². The summed E-state index contributed by atoms with van der Waals surface area (Å²) in [5, 5.41) is 4.22. The highest BCUT2D eigenvalue weighted by Gasteiger charge is 2.15. The van der Waals surface area contributed by atoms with Crippen LogP contribution in [0.1, 0.15) is 50.5 Å². The average Bonchev–Trinajstić information content (AvgIpc) is 2.32. The van der Waals surface area contributed by atoms with Gasteiger partial charge in [0.25, 0.3) is 0 Å². The van der Waals surface area contributed by atoms with Crippen molar-refractivity contribution in [2.24, 2.45) is 5.73 Å². The summed E-state index contributed by atoms with van der Waals surface area (Å²) in [5.41, 5.74) is 7.54. The number of halogens is 1. The summed E-state index contributed by atoms with van der Waals surface area (Å²) in [6.45, 7) is 0. The smallest absolute Gasteiger partial charge is 0.107 e. The lowest BCUT2D eigenvalue weighted by atomic mass is 9.96. The zero-order chi connectivity index (χ0) is 13.7. The highest BCUT2D eigenvalue weighted by Crippen LogP contribution is 2.27. The SMILES string of the molecule is NC(=S)c1c(Cl)cccc1NC1CCCCCCC1. The molecule has 1 saturated carbocycles. The van der Waals surface area contributed by atoms with Gasteiger partial charge in [-0.05, 0) is 25.0 Å². The quantitative estimate of drug-likeness (QED) is 0.807. The van der Waals surface area contributed by atoms with Crippen molar-refractivity contribution >= 4 is 34.5 Å². The fourth-order valence-corrected chi connectivity index (χ4v) is 3.27. The Morgan fingerprint density at radius 3 is 2.42 bits per heavy atom. The molecule has 2 rings (SSSR count). The van der Waals surface area contributed by atoms with Gasteiger partial charge in [0.2, 0.25) is 0 Å². The first kappa shape index (κ1) is 14.6. The van der Waals surface area contributed by atoms with E-state index in [1.807, 2.05) is 18.2 Å². The molecule has 0 atom stereocenters. The van der Waals surface area contributed by atoms with Gasteiger partial charge in [-0.2, -0.15) is 0 Å². The van der Waals surface area contributed by atoms with Crippen molar-refractivity contribution in [1.29, 1.82) is 0 Å². The summed E-state index contributed by atoms with van der Waals surface area (Å²) in [5.74, 6) is 0. The second kappa shape index (κ2) is 7.11. The first-order valence-corrected chi connectivity index (χ1v) is 7.82. The molecule has 1 aromatic carbocycles. The van der Waals surface area contributed by atoms with Crippen molar-refractivity contribution in [3.63, 3.8) is 0 Å². The molecule has 0 unspecified atom stereocenters. The van der Waals surface area contributed by atoms with Crippen LogP contribution in [0, 0.1) is 0 Å². The predicted molar refractivity (Wildman–Crippen MR) is 87.1 cm³/mol. The molecule has 0 saturated heterocycles. The highest BCUT2D eigenvalue weighted by atomic mass is 35.5. The Bertz CT molecular complexity index is 440. The Morgan fingerprint density at radius 2 is 1.79 bits per heavy atom. The maximum absolute atomic E-state index is 6.19. The number of hydrogen-bond acceptors (Lipinski definition) is 2. The Hall–Kier alpha value is -0.800. The van der Waals surface area contributed by atoms with Gasteiger partial charge in [0.1, 0.15) is 4.99 Å². The van der Waals surface area contributed by atoms with Gasteiger partial charge in [-0.25, -0.2) is 0 Å². The van der Waals surface area contributed by atoms with E-state index in [9.17, 15) is 0 Å². The molecule has 0 bridgehead atoms. The molecular weight excluding hydrogens is 276 g/mol. The molecule has 1 aliphatic carbocycles. The van der Waals surface area contributed by atoms with Crippen molar-refractivity contribution in [1.82, 2.24) is 0 Å². The van der Waals surface area contributed by atoms with Gasteiger partial charge in [-0.15, -0.1) is 0 Å². The van der Waals surface area contributed by atoms with Crippen LogP contribution in [0.15, 0.2) is 18.2 Å². The van der Waals surface area contributed by atoms with Gasteiger partial charge in [0.05, 0.1) is 10.6 Å². The monoisotopic (exact) mass is 296 g/mol. The number of hydrogen-bond donors (Lipinski definition) is 2. The fraction of sp³-hybridized carbons (Fsp3) is 0.533. The Kier molecular flexibility index (Phi) is 5.46. The summed E-state index contributed by atoms with van der Waals surface area (Å²) < 4.78 is 0. The molecule has 4 heteroatoms. The van der Waals surface area contributed by atoms with Gasteiger partial charge in [0, 0.05) is 11.7 Å². The molecule has 0 radical (unpaired) electrons. The minimum absolute atomic E-state index is 0.360. The predicted octanol–water partition coefficient (Wildman–Crippen LogP) is 4.50. The van der Waals surface area contributed by atoms with E-state index in [1.165, 1.54) is 44.9 Å². The lowest BCUT2D eigenvalue weighted by Gasteiger charge is -2.23. The number of nitrogens with one attached hydrogen (secondary N) is 1. The molecular formula is C15H21ClN2S. The van der Waals surface area contributed by atoms with Gasteiger partial charge < -0.3 is 11.1 Å². The number of nitrogens with two attached hydrogens (primary N) is 1. The normalized spacial score (nSPS) is 17.5. The largest absolute Gasteiger partial charge is 0.389 e. The third-order valence-corrected chi connectivity index (χ3v) is 4.24. The summed E-state index contributed by atoms with van der Waals surface area (Å²) >= 11 is 11.3. The van der Waals surface area contributed by atoms with Crippen LogP contribution >= 0.6 is 23.8 Å². The molecule has 19 heavy (non-hydrogen) atoms. The van der Waals surface area contributed by atoms with Crippen molar-refractivity contribution in [3.05, 3.63) is 28.8 Å². The molecule has 0 aromatic heterocycles. The summed E-state index contributed by atoms with van der Waals surface area (Å²) in [6, 6.07) is 6.29. The molecule has 1 fully saturated rings. The lowest BCUT2D eigenvalue weighted by Crippen LogP contribution is -2.23. The van der Waals surface area contributed by atoms with Crippen molar-refractivity contribution in [2.75, 3.05) is 5.32 Å². The van der Waals surface area contributed by atoms with Crippen LogP contribution in [0.4, 0.5) is 5.69 Å². The molecule has 3 N–H and O–H groups in total. The van der Waals surface area contributed by atoms with E-state index < -0.39 is 0 Å². The van der Waals surface area contributed by atoms with E-state index >= 15 is 0 Å². The molecule has 0 amide bonds.